The van der Waals surface area contributed by atoms with Crippen molar-refractivity contribution in [1.29, 1.82) is 0 Å². The Hall–Kier alpha value is -1.53. The Morgan fingerprint density at radius 3 is 2.59 bits per heavy atom. The molecule has 0 spiro atoms. The maximum atomic E-state index is 14.2. The van der Waals surface area contributed by atoms with Crippen LogP contribution in [0.15, 0.2) is 56.4 Å². The van der Waals surface area contributed by atoms with E-state index in [-0.39, 0.29) is 0 Å². The Labute approximate surface area is 144 Å². The van der Waals surface area contributed by atoms with Crippen LogP contribution in [0.3, 0.4) is 0 Å². The lowest BCUT2D eigenvalue weighted by molar-refractivity contribution is -0.122. The monoisotopic (exact) mass is 424 g/mol. The number of likely N-dealkylation sites (N-methyl/N-ethyl adjacent to an activating group) is 1. The van der Waals surface area contributed by atoms with E-state index < -0.39 is 12.2 Å². The van der Waals surface area contributed by atoms with Gasteiger partial charge in [-0.25, -0.2) is 9.38 Å². The van der Waals surface area contributed by atoms with Gasteiger partial charge in [0.25, 0.3) is 12.2 Å². The van der Waals surface area contributed by atoms with E-state index in [0.717, 1.165) is 14.5 Å². The Morgan fingerprint density at radius 1 is 1.14 bits per heavy atom. The molecule has 0 fully saturated rings. The molecule has 1 aliphatic heterocycles. The molecular weight excluding hydrogens is 415 g/mol. The lowest BCUT2D eigenvalue weighted by Crippen LogP contribution is -2.32. The molecule has 0 aliphatic carbocycles. The van der Waals surface area contributed by atoms with Crippen LogP contribution in [0.1, 0.15) is 11.1 Å². The van der Waals surface area contributed by atoms with Crippen LogP contribution in [0.5, 0.6) is 0 Å². The number of fused-ring (bicyclic) bond motifs is 1. The van der Waals surface area contributed by atoms with E-state index in [2.05, 4.69) is 36.9 Å². The molecule has 1 aliphatic rings. The molecule has 2 aromatic carbocycles. The Bertz CT molecular complexity index is 791. The van der Waals surface area contributed by atoms with Crippen LogP contribution in [0.2, 0.25) is 0 Å². The number of anilines is 1. The van der Waals surface area contributed by atoms with Gasteiger partial charge in [-0.3, -0.25) is 4.79 Å². The molecule has 1 atom stereocenters. The number of amides is 1. The van der Waals surface area contributed by atoms with Gasteiger partial charge in [-0.15, -0.1) is 0 Å². The molecular formula is C16H11Br2FN2O. The first-order valence-corrected chi connectivity index (χ1v) is 8.11. The van der Waals surface area contributed by atoms with Crippen LogP contribution in [0, 0.1) is 0 Å². The van der Waals surface area contributed by atoms with Crippen molar-refractivity contribution in [2.24, 2.45) is 4.99 Å². The normalized spacial score (nSPS) is 17.8. The zero-order chi connectivity index (χ0) is 15.9. The topological polar surface area (TPSA) is 32.7 Å². The van der Waals surface area contributed by atoms with Crippen molar-refractivity contribution in [3.63, 3.8) is 0 Å². The molecule has 1 unspecified atom stereocenters. The molecule has 3 nitrogen and oxygen atoms in total. The Kier molecular flexibility index (Phi) is 4.14. The van der Waals surface area contributed by atoms with Gasteiger partial charge in [-0.1, -0.05) is 44.0 Å². The van der Waals surface area contributed by atoms with Crippen molar-refractivity contribution in [2.45, 2.75) is 6.30 Å². The van der Waals surface area contributed by atoms with Gasteiger partial charge in [0.15, 0.2) is 0 Å². The fourth-order valence-electron chi connectivity index (χ4n) is 2.37. The second-order valence-electron chi connectivity index (χ2n) is 4.88. The predicted molar refractivity (Wildman–Crippen MR) is 92.2 cm³/mol. The summed E-state index contributed by atoms with van der Waals surface area (Å²) in [6, 6.07) is 12.9. The summed E-state index contributed by atoms with van der Waals surface area (Å²) in [6.45, 7) is 0. The average Bonchev–Trinajstić information content (AvgIpc) is 2.58. The first kappa shape index (κ1) is 15.4. The number of benzodiazepines with no additional fused rings is 1. The number of hydrogen-bond acceptors (Lipinski definition) is 2. The molecule has 2 aromatic rings. The predicted octanol–water partition coefficient (Wildman–Crippen LogP) is 4.32. The second-order valence-corrected chi connectivity index (χ2v) is 6.71. The number of aliphatic imine (C=N–C) groups is 1. The fourth-order valence-corrected chi connectivity index (χ4v) is 3.13. The van der Waals surface area contributed by atoms with Crippen molar-refractivity contribution in [2.75, 3.05) is 11.9 Å². The quantitative estimate of drug-likeness (QED) is 0.626. The summed E-state index contributed by atoms with van der Waals surface area (Å²) in [7, 11) is 1.56. The molecule has 0 aromatic heterocycles. The van der Waals surface area contributed by atoms with E-state index in [1.54, 1.807) is 13.1 Å². The number of carbonyl (C=O) groups excluding carboxylic acids is 1. The summed E-state index contributed by atoms with van der Waals surface area (Å²) in [5.74, 6) is -0.673. The van der Waals surface area contributed by atoms with Crippen molar-refractivity contribution >= 4 is 49.2 Å². The van der Waals surface area contributed by atoms with Crippen LogP contribution in [0.25, 0.3) is 0 Å². The van der Waals surface area contributed by atoms with Gasteiger partial charge in [0.1, 0.15) is 0 Å². The summed E-state index contributed by atoms with van der Waals surface area (Å²) in [5, 5.41) is 0. The second kappa shape index (κ2) is 5.93. The largest absolute Gasteiger partial charge is 0.311 e. The number of hydrogen-bond donors (Lipinski definition) is 0. The van der Waals surface area contributed by atoms with Gasteiger partial charge in [0, 0.05) is 27.1 Å². The number of halogens is 3. The van der Waals surface area contributed by atoms with E-state index in [1.807, 2.05) is 36.4 Å². The van der Waals surface area contributed by atoms with Gasteiger partial charge in [0.2, 0.25) is 0 Å². The number of rotatable bonds is 1. The van der Waals surface area contributed by atoms with Crippen LogP contribution in [0.4, 0.5) is 10.1 Å². The third-order valence-corrected chi connectivity index (χ3v) is 4.44. The summed E-state index contributed by atoms with van der Waals surface area (Å²) in [4.78, 5) is 17.4. The number of nitrogens with zero attached hydrogens (tertiary/aromatic N) is 2. The summed E-state index contributed by atoms with van der Waals surface area (Å²) < 4.78 is 15.9. The first-order chi connectivity index (χ1) is 10.5. The number of benzene rings is 2. The van der Waals surface area contributed by atoms with Crippen molar-refractivity contribution < 1.29 is 9.18 Å². The van der Waals surface area contributed by atoms with E-state index >= 15 is 0 Å². The van der Waals surface area contributed by atoms with Gasteiger partial charge < -0.3 is 4.90 Å². The highest BCUT2D eigenvalue weighted by Gasteiger charge is 2.29. The van der Waals surface area contributed by atoms with Crippen molar-refractivity contribution in [1.82, 2.24) is 0 Å². The van der Waals surface area contributed by atoms with Crippen molar-refractivity contribution in [3.8, 4) is 0 Å². The van der Waals surface area contributed by atoms with E-state index in [9.17, 15) is 9.18 Å². The smallest absolute Gasteiger partial charge is 0.284 e. The van der Waals surface area contributed by atoms with Gasteiger partial charge in [0.05, 0.1) is 11.4 Å². The van der Waals surface area contributed by atoms with Gasteiger partial charge >= 0.3 is 0 Å². The van der Waals surface area contributed by atoms with E-state index in [4.69, 9.17) is 0 Å². The van der Waals surface area contributed by atoms with Gasteiger partial charge in [-0.2, -0.15) is 0 Å². The first-order valence-electron chi connectivity index (χ1n) is 6.52. The molecule has 112 valence electrons. The lowest BCUT2D eigenvalue weighted by atomic mass is 10.0. The summed E-state index contributed by atoms with van der Waals surface area (Å²) in [6.07, 6.45) is -1.91. The highest BCUT2D eigenvalue weighted by Crippen LogP contribution is 2.31. The molecule has 0 bridgehead atoms. The summed E-state index contributed by atoms with van der Waals surface area (Å²) >= 11 is 6.83. The highest BCUT2D eigenvalue weighted by atomic mass is 79.9. The molecule has 0 saturated heterocycles. The average molecular weight is 426 g/mol. The minimum absolute atomic E-state index is 0.461. The van der Waals surface area contributed by atoms with Crippen LogP contribution >= 0.6 is 31.9 Å². The molecule has 0 saturated carbocycles. The molecule has 3 rings (SSSR count). The lowest BCUT2D eigenvalue weighted by Gasteiger charge is -2.18. The maximum Gasteiger partial charge on any atom is 0.284 e. The molecule has 0 radical (unpaired) electrons. The summed E-state index contributed by atoms with van der Waals surface area (Å²) in [5.41, 5.74) is 2.55. The standard InChI is InChI=1S/C16H11Br2FN2O/c1-21-13-6-5-11(18)8-12(13)14(20-15(19)16(21)22)9-3-2-4-10(17)7-9/h2-8,15H,1H3. The minimum atomic E-state index is -1.91. The van der Waals surface area contributed by atoms with Gasteiger partial charge in [-0.05, 0) is 30.3 Å². The molecule has 6 heteroatoms. The zero-order valence-electron chi connectivity index (χ0n) is 11.6. The van der Waals surface area contributed by atoms with Crippen LogP contribution in [-0.4, -0.2) is 25.0 Å². The third kappa shape index (κ3) is 2.73. The number of carbonyl (C=O) groups is 1. The zero-order valence-corrected chi connectivity index (χ0v) is 14.7. The molecule has 22 heavy (non-hydrogen) atoms. The highest BCUT2D eigenvalue weighted by molar-refractivity contribution is 9.10. The molecule has 1 heterocycles. The number of alkyl halides is 1. The third-order valence-electron chi connectivity index (χ3n) is 3.45. The maximum absolute atomic E-state index is 14.2. The van der Waals surface area contributed by atoms with E-state index in [0.29, 0.717) is 17.0 Å². The minimum Gasteiger partial charge on any atom is -0.311 e. The fraction of sp³-hybridized carbons (Fsp3) is 0.125. The SMILES string of the molecule is CN1C(=O)C(F)N=C(c2cccc(Br)c2)c2cc(Br)ccc21. The van der Waals surface area contributed by atoms with Crippen LogP contribution in [-0.2, 0) is 4.79 Å². The Morgan fingerprint density at radius 2 is 1.86 bits per heavy atom. The van der Waals surface area contributed by atoms with Crippen molar-refractivity contribution in [3.05, 3.63) is 62.5 Å². The van der Waals surface area contributed by atoms with Crippen LogP contribution < -0.4 is 4.90 Å². The van der Waals surface area contributed by atoms with E-state index in [1.165, 1.54) is 4.90 Å². The molecule has 1 amide bonds. The molecule has 0 N–H and O–H groups in total. The Balaban J connectivity index is 2.28.